The smallest absolute Gasteiger partial charge is 0.408 e. The molecule has 1 aliphatic rings. The average molecular weight is 624 g/mol. The number of phenolic OH excluding ortho intramolecular Hbond substituents is 2. The highest BCUT2D eigenvalue weighted by molar-refractivity contribution is 5.93. The summed E-state index contributed by atoms with van der Waals surface area (Å²) in [4.78, 5) is 43.8. The van der Waals surface area contributed by atoms with E-state index in [0.717, 1.165) is 38.5 Å². The number of aryl methyl sites for hydroxylation is 1. The van der Waals surface area contributed by atoms with Crippen molar-refractivity contribution in [1.82, 2.24) is 15.5 Å². The Morgan fingerprint density at radius 3 is 2.20 bits per heavy atom. The van der Waals surface area contributed by atoms with Crippen LogP contribution in [0.2, 0.25) is 0 Å². The molecule has 0 radical (unpaired) electrons. The molecule has 0 heterocycles. The van der Waals surface area contributed by atoms with Crippen molar-refractivity contribution in [2.45, 2.75) is 130 Å². The lowest BCUT2D eigenvalue weighted by Gasteiger charge is -2.40. The number of aromatic hydroxyl groups is 2. The number of amides is 3. The molecule has 1 saturated carbocycles. The standard InChI is InChI=1S/C36H53N3O6/c1-23(2)16-17-25(4)39(31(29-15-11-12-24(3)32(29)41)33(42)37-27-13-9-8-10-14-27)34(43)30(38-35(44)45-36(5,6)7)22-26-18-20-28(40)21-19-26/h11-12,15,18-21,23,25,27,30-31,40-41H,8-10,13-14,16-17,22H2,1-7H3,(H,37,42)(H,38,44). The number of nitrogens with zero attached hydrogens (tertiary/aromatic N) is 1. The van der Waals surface area contributed by atoms with E-state index in [9.17, 15) is 24.6 Å². The van der Waals surface area contributed by atoms with Gasteiger partial charge in [-0.2, -0.15) is 0 Å². The highest BCUT2D eigenvalue weighted by Gasteiger charge is 2.40. The molecule has 45 heavy (non-hydrogen) atoms. The molecular formula is C36H53N3O6. The quantitative estimate of drug-likeness (QED) is 0.209. The summed E-state index contributed by atoms with van der Waals surface area (Å²) >= 11 is 0. The van der Waals surface area contributed by atoms with Crippen LogP contribution in [0.15, 0.2) is 42.5 Å². The Labute approximate surface area is 268 Å². The highest BCUT2D eigenvalue weighted by atomic mass is 16.6. The van der Waals surface area contributed by atoms with Crippen molar-refractivity contribution >= 4 is 17.9 Å². The first-order chi connectivity index (χ1) is 21.2. The third-order valence-corrected chi connectivity index (χ3v) is 8.30. The molecule has 3 rings (SSSR count). The number of hydrogen-bond acceptors (Lipinski definition) is 6. The normalized spacial score (nSPS) is 16.0. The molecular weight excluding hydrogens is 570 g/mol. The van der Waals surface area contributed by atoms with Crippen LogP contribution < -0.4 is 10.6 Å². The Morgan fingerprint density at radius 1 is 0.956 bits per heavy atom. The number of ether oxygens (including phenoxy) is 1. The monoisotopic (exact) mass is 623 g/mol. The van der Waals surface area contributed by atoms with Gasteiger partial charge in [0.1, 0.15) is 29.2 Å². The van der Waals surface area contributed by atoms with Crippen molar-refractivity contribution in [1.29, 1.82) is 0 Å². The summed E-state index contributed by atoms with van der Waals surface area (Å²) in [5, 5.41) is 27.1. The number of hydrogen-bond donors (Lipinski definition) is 4. The minimum atomic E-state index is -1.13. The van der Waals surface area contributed by atoms with E-state index in [1.165, 1.54) is 12.1 Å². The second-order valence-corrected chi connectivity index (χ2v) is 13.9. The van der Waals surface area contributed by atoms with Crippen molar-refractivity contribution in [3.8, 4) is 11.5 Å². The van der Waals surface area contributed by atoms with E-state index < -0.39 is 35.7 Å². The van der Waals surface area contributed by atoms with E-state index in [1.54, 1.807) is 62.9 Å². The van der Waals surface area contributed by atoms with Gasteiger partial charge < -0.3 is 30.5 Å². The maximum absolute atomic E-state index is 14.9. The Bertz CT molecular complexity index is 1280. The number of nitrogens with one attached hydrogen (secondary N) is 2. The van der Waals surface area contributed by atoms with Gasteiger partial charge in [0.15, 0.2) is 0 Å². The van der Waals surface area contributed by atoms with E-state index in [4.69, 9.17) is 4.74 Å². The fraction of sp³-hybridized carbons (Fsp3) is 0.583. The zero-order chi connectivity index (χ0) is 33.3. The lowest BCUT2D eigenvalue weighted by Crippen LogP contribution is -2.57. The van der Waals surface area contributed by atoms with E-state index in [0.29, 0.717) is 29.0 Å². The maximum atomic E-state index is 14.9. The van der Waals surface area contributed by atoms with Crippen LogP contribution in [0, 0.1) is 12.8 Å². The highest BCUT2D eigenvalue weighted by Crippen LogP contribution is 2.35. The summed E-state index contributed by atoms with van der Waals surface area (Å²) in [7, 11) is 0. The number of rotatable bonds is 12. The average Bonchev–Trinajstić information content (AvgIpc) is 2.96. The van der Waals surface area contributed by atoms with Gasteiger partial charge in [-0.25, -0.2) is 4.79 Å². The van der Waals surface area contributed by atoms with Crippen LogP contribution in [0.1, 0.15) is 109 Å². The first kappa shape index (κ1) is 35.7. The fourth-order valence-corrected chi connectivity index (χ4v) is 5.86. The summed E-state index contributed by atoms with van der Waals surface area (Å²) in [6, 6.07) is 9.02. The van der Waals surface area contributed by atoms with Crippen LogP contribution >= 0.6 is 0 Å². The van der Waals surface area contributed by atoms with E-state index >= 15 is 0 Å². The van der Waals surface area contributed by atoms with Gasteiger partial charge in [-0.05, 0) is 89.5 Å². The number of phenols is 2. The van der Waals surface area contributed by atoms with Gasteiger partial charge in [-0.15, -0.1) is 0 Å². The molecule has 3 unspecified atom stereocenters. The number of alkyl carbamates (subject to hydrolysis) is 1. The summed E-state index contributed by atoms with van der Waals surface area (Å²) in [5.74, 6) is -0.410. The van der Waals surface area contributed by atoms with Crippen LogP contribution in [0.5, 0.6) is 11.5 Å². The molecule has 4 N–H and O–H groups in total. The third-order valence-electron chi connectivity index (χ3n) is 8.30. The Hall–Kier alpha value is -3.75. The second-order valence-electron chi connectivity index (χ2n) is 13.9. The van der Waals surface area contributed by atoms with Gasteiger partial charge in [-0.3, -0.25) is 9.59 Å². The molecule has 9 heteroatoms. The minimum Gasteiger partial charge on any atom is -0.508 e. The molecule has 1 fully saturated rings. The molecule has 0 aliphatic heterocycles. The summed E-state index contributed by atoms with van der Waals surface area (Å²) in [6.07, 6.45) is 5.66. The van der Waals surface area contributed by atoms with Gasteiger partial charge in [0.25, 0.3) is 0 Å². The van der Waals surface area contributed by atoms with Crippen molar-refractivity contribution in [3.63, 3.8) is 0 Å². The Balaban J connectivity index is 2.13. The predicted molar refractivity (Wildman–Crippen MR) is 176 cm³/mol. The van der Waals surface area contributed by atoms with Crippen molar-refractivity contribution in [2.75, 3.05) is 0 Å². The molecule has 248 valence electrons. The number of benzene rings is 2. The molecule has 0 saturated heterocycles. The molecule has 9 nitrogen and oxygen atoms in total. The zero-order valence-corrected chi connectivity index (χ0v) is 28.1. The molecule has 0 spiro atoms. The van der Waals surface area contributed by atoms with Crippen molar-refractivity contribution < 1.29 is 29.3 Å². The van der Waals surface area contributed by atoms with Gasteiger partial charge in [-0.1, -0.05) is 63.4 Å². The van der Waals surface area contributed by atoms with E-state index in [2.05, 4.69) is 24.5 Å². The molecule has 3 atom stereocenters. The zero-order valence-electron chi connectivity index (χ0n) is 28.1. The summed E-state index contributed by atoms with van der Waals surface area (Å²) < 4.78 is 5.54. The molecule has 0 bridgehead atoms. The fourth-order valence-electron chi connectivity index (χ4n) is 5.86. The van der Waals surface area contributed by atoms with Crippen LogP contribution in [-0.4, -0.2) is 56.7 Å². The Kier molecular flexibility index (Phi) is 12.7. The van der Waals surface area contributed by atoms with Gasteiger partial charge in [0.2, 0.25) is 11.8 Å². The van der Waals surface area contributed by atoms with E-state index in [-0.39, 0.29) is 29.9 Å². The topological polar surface area (TPSA) is 128 Å². The number of carbonyl (C=O) groups excluding carboxylic acids is 3. The lowest BCUT2D eigenvalue weighted by molar-refractivity contribution is -0.145. The molecule has 2 aromatic rings. The molecule has 3 amide bonds. The largest absolute Gasteiger partial charge is 0.508 e. The SMILES string of the molecule is Cc1cccc(C(C(=O)NC2CCCCC2)N(C(=O)C(Cc2ccc(O)cc2)NC(=O)OC(C)(C)C)C(C)CCC(C)C)c1O. The van der Waals surface area contributed by atoms with Crippen LogP contribution in [0.4, 0.5) is 4.79 Å². The molecule has 1 aliphatic carbocycles. The molecule has 0 aromatic heterocycles. The van der Waals surface area contributed by atoms with Crippen LogP contribution in [0.3, 0.4) is 0 Å². The van der Waals surface area contributed by atoms with Crippen molar-refractivity contribution in [3.05, 3.63) is 59.2 Å². The Morgan fingerprint density at radius 2 is 1.60 bits per heavy atom. The first-order valence-electron chi connectivity index (χ1n) is 16.3. The van der Waals surface area contributed by atoms with Crippen LogP contribution in [-0.2, 0) is 20.7 Å². The second kappa shape index (κ2) is 16.0. The lowest BCUT2D eigenvalue weighted by atomic mass is 9.92. The maximum Gasteiger partial charge on any atom is 0.408 e. The van der Waals surface area contributed by atoms with Gasteiger partial charge >= 0.3 is 6.09 Å². The number of carbonyl (C=O) groups is 3. The van der Waals surface area contributed by atoms with E-state index in [1.807, 2.05) is 6.92 Å². The van der Waals surface area contributed by atoms with Crippen molar-refractivity contribution in [2.24, 2.45) is 5.92 Å². The van der Waals surface area contributed by atoms with Gasteiger partial charge in [0, 0.05) is 24.1 Å². The molecule has 2 aromatic carbocycles. The van der Waals surface area contributed by atoms with Crippen LogP contribution in [0.25, 0.3) is 0 Å². The third kappa shape index (κ3) is 10.7. The van der Waals surface area contributed by atoms with Gasteiger partial charge in [0.05, 0.1) is 0 Å². The summed E-state index contributed by atoms with van der Waals surface area (Å²) in [5.41, 5.74) is 0.848. The summed E-state index contributed by atoms with van der Waals surface area (Å²) in [6.45, 7) is 13.1. The first-order valence-corrected chi connectivity index (χ1v) is 16.3. The predicted octanol–water partition coefficient (Wildman–Crippen LogP) is 6.69. The number of para-hydroxylation sites is 1. The minimum absolute atomic E-state index is 0.0173.